The molecule has 0 amide bonds. The van der Waals surface area contributed by atoms with Crippen LogP contribution in [-0.2, 0) is 30.4 Å². The lowest BCUT2D eigenvalue weighted by molar-refractivity contribution is -0.138. The zero-order valence-corrected chi connectivity index (χ0v) is 21.8. The minimum absolute atomic E-state index is 0.127. The van der Waals surface area contributed by atoms with Crippen molar-refractivity contribution in [2.24, 2.45) is 0 Å². The Morgan fingerprint density at radius 2 is 1.77 bits per heavy atom. The van der Waals surface area contributed by atoms with Crippen molar-refractivity contribution in [3.8, 4) is 16.3 Å². The molecule has 5 aromatic rings. The van der Waals surface area contributed by atoms with Gasteiger partial charge in [-0.25, -0.2) is 4.98 Å². The van der Waals surface area contributed by atoms with Gasteiger partial charge in [-0.2, -0.15) is 13.2 Å². The first-order valence-electron chi connectivity index (χ1n) is 12.4. The Morgan fingerprint density at radius 3 is 2.46 bits per heavy atom. The Labute approximate surface area is 227 Å². The molecule has 5 nitrogen and oxygen atoms in total. The summed E-state index contributed by atoms with van der Waals surface area (Å²) in [5.41, 5.74) is 2.73. The van der Waals surface area contributed by atoms with Crippen LogP contribution in [0.5, 0.6) is 5.75 Å². The monoisotopic (exact) mass is 550 g/mol. The summed E-state index contributed by atoms with van der Waals surface area (Å²) >= 11 is 1.42. The molecule has 0 bridgehead atoms. The van der Waals surface area contributed by atoms with E-state index >= 15 is 0 Å². The number of aromatic nitrogens is 2. The molecule has 2 aromatic heterocycles. The summed E-state index contributed by atoms with van der Waals surface area (Å²) in [6, 6.07) is 22.4. The van der Waals surface area contributed by atoms with E-state index in [0.29, 0.717) is 22.7 Å². The predicted molar refractivity (Wildman–Crippen MR) is 145 cm³/mol. The number of alkyl halides is 3. The number of fused-ring (bicyclic) bond motifs is 1. The minimum Gasteiger partial charge on any atom is -0.485 e. The summed E-state index contributed by atoms with van der Waals surface area (Å²) in [6.07, 6.45) is -1.62. The van der Waals surface area contributed by atoms with Crippen molar-refractivity contribution >= 4 is 28.2 Å². The van der Waals surface area contributed by atoms with Crippen LogP contribution >= 0.6 is 11.3 Å². The first kappa shape index (κ1) is 26.5. The zero-order valence-electron chi connectivity index (χ0n) is 21.0. The van der Waals surface area contributed by atoms with E-state index in [1.54, 1.807) is 16.8 Å². The molecule has 0 aliphatic carbocycles. The van der Waals surface area contributed by atoms with E-state index < -0.39 is 17.7 Å². The van der Waals surface area contributed by atoms with Crippen LogP contribution < -0.4 is 4.74 Å². The highest BCUT2D eigenvalue weighted by molar-refractivity contribution is 7.15. The fraction of sp³-hybridized carbons (Fsp3) is 0.200. The van der Waals surface area contributed by atoms with Gasteiger partial charge < -0.3 is 14.4 Å². The van der Waals surface area contributed by atoms with Crippen molar-refractivity contribution in [1.29, 1.82) is 0 Å². The fourth-order valence-electron chi connectivity index (χ4n) is 4.49. The summed E-state index contributed by atoms with van der Waals surface area (Å²) in [5, 5.41) is 10.6. The number of rotatable bonds is 9. The number of aliphatic carboxylic acids is 1. The van der Waals surface area contributed by atoms with Crippen LogP contribution in [0.1, 0.15) is 34.7 Å². The topological polar surface area (TPSA) is 64.3 Å². The number of halogens is 3. The maximum atomic E-state index is 13.1. The highest BCUT2D eigenvalue weighted by Crippen LogP contribution is 2.37. The van der Waals surface area contributed by atoms with Gasteiger partial charge >= 0.3 is 12.1 Å². The van der Waals surface area contributed by atoms with E-state index in [0.717, 1.165) is 45.6 Å². The SMILES string of the molecule is CC(Oc1ccc2c(ccn2CC(=O)O)c1)c1sc(-c2ccc(C(F)(F)F)cc2)nc1CCc1ccccc1. The van der Waals surface area contributed by atoms with E-state index in [1.165, 1.54) is 23.5 Å². The smallest absolute Gasteiger partial charge is 0.416 e. The quantitative estimate of drug-likeness (QED) is 0.203. The molecule has 9 heteroatoms. The van der Waals surface area contributed by atoms with Gasteiger partial charge in [0.25, 0.3) is 0 Å². The Hall–Kier alpha value is -4.11. The van der Waals surface area contributed by atoms with Gasteiger partial charge in [0, 0.05) is 22.7 Å². The Morgan fingerprint density at radius 1 is 1.03 bits per heavy atom. The second-order valence-electron chi connectivity index (χ2n) is 9.21. The van der Waals surface area contributed by atoms with Gasteiger partial charge in [-0.3, -0.25) is 4.79 Å². The number of aryl methyl sites for hydroxylation is 2. The molecular weight excluding hydrogens is 525 g/mol. The molecule has 3 aromatic carbocycles. The maximum Gasteiger partial charge on any atom is 0.416 e. The number of carbonyl (C=O) groups is 1. The third kappa shape index (κ3) is 6.15. The lowest BCUT2D eigenvalue weighted by Crippen LogP contribution is -2.07. The molecule has 0 radical (unpaired) electrons. The summed E-state index contributed by atoms with van der Waals surface area (Å²) in [4.78, 5) is 16.9. The number of hydrogen-bond acceptors (Lipinski definition) is 4. The van der Waals surface area contributed by atoms with Gasteiger partial charge in [0.15, 0.2) is 0 Å². The largest absolute Gasteiger partial charge is 0.485 e. The number of carboxylic acid groups (broad SMARTS) is 1. The normalized spacial score (nSPS) is 12.5. The molecule has 0 aliphatic rings. The van der Waals surface area contributed by atoms with Gasteiger partial charge in [-0.15, -0.1) is 11.3 Å². The van der Waals surface area contributed by atoms with E-state index in [1.807, 2.05) is 43.3 Å². The second-order valence-corrected chi connectivity index (χ2v) is 10.2. The molecule has 1 N–H and O–H groups in total. The number of thiazole rings is 1. The molecule has 0 spiro atoms. The van der Waals surface area contributed by atoms with Crippen molar-refractivity contribution in [3.05, 3.63) is 107 Å². The summed E-state index contributed by atoms with van der Waals surface area (Å²) in [5.74, 6) is -0.292. The highest BCUT2D eigenvalue weighted by Gasteiger charge is 2.30. The van der Waals surface area contributed by atoms with Crippen LogP contribution in [0.2, 0.25) is 0 Å². The average molecular weight is 551 g/mol. The van der Waals surface area contributed by atoms with Gasteiger partial charge in [0.2, 0.25) is 0 Å². The van der Waals surface area contributed by atoms with E-state index in [9.17, 15) is 18.0 Å². The van der Waals surface area contributed by atoms with Crippen molar-refractivity contribution < 1.29 is 27.8 Å². The number of carboxylic acids is 1. The molecule has 2 heterocycles. The Balaban J connectivity index is 1.42. The number of ether oxygens (including phenoxy) is 1. The molecule has 39 heavy (non-hydrogen) atoms. The van der Waals surface area contributed by atoms with Crippen LogP contribution in [0.25, 0.3) is 21.5 Å². The fourth-order valence-corrected chi connectivity index (χ4v) is 5.58. The number of nitrogens with zero attached hydrogens (tertiary/aromatic N) is 2. The number of hydrogen-bond donors (Lipinski definition) is 1. The minimum atomic E-state index is -4.40. The summed E-state index contributed by atoms with van der Waals surface area (Å²) < 4.78 is 47.1. The van der Waals surface area contributed by atoms with Crippen molar-refractivity contribution in [2.45, 2.75) is 38.6 Å². The first-order valence-corrected chi connectivity index (χ1v) is 13.2. The maximum absolute atomic E-state index is 13.1. The molecule has 1 unspecified atom stereocenters. The third-order valence-corrected chi connectivity index (χ3v) is 7.72. The van der Waals surface area contributed by atoms with Gasteiger partial charge in [0.05, 0.1) is 16.1 Å². The molecule has 1 atom stereocenters. The van der Waals surface area contributed by atoms with Crippen molar-refractivity contribution in [3.63, 3.8) is 0 Å². The molecule has 0 aliphatic heterocycles. The van der Waals surface area contributed by atoms with Crippen molar-refractivity contribution in [2.75, 3.05) is 0 Å². The molecular formula is C30H25F3N2O3S. The predicted octanol–water partition coefficient (Wildman–Crippen LogP) is 7.79. The van der Waals surface area contributed by atoms with E-state index in [4.69, 9.17) is 14.8 Å². The average Bonchev–Trinajstić information content (AvgIpc) is 3.51. The summed E-state index contributed by atoms with van der Waals surface area (Å²) in [7, 11) is 0. The molecule has 200 valence electrons. The molecule has 5 rings (SSSR count). The van der Waals surface area contributed by atoms with Crippen LogP contribution in [0.15, 0.2) is 85.1 Å². The molecule has 0 fully saturated rings. The lowest BCUT2D eigenvalue weighted by Gasteiger charge is -2.15. The van der Waals surface area contributed by atoms with Crippen LogP contribution in [0.4, 0.5) is 13.2 Å². The first-order chi connectivity index (χ1) is 18.7. The van der Waals surface area contributed by atoms with Crippen LogP contribution in [0.3, 0.4) is 0 Å². The van der Waals surface area contributed by atoms with E-state index in [-0.39, 0.29) is 12.6 Å². The van der Waals surface area contributed by atoms with Crippen molar-refractivity contribution in [1.82, 2.24) is 9.55 Å². The van der Waals surface area contributed by atoms with Crippen LogP contribution in [-0.4, -0.2) is 20.6 Å². The lowest BCUT2D eigenvalue weighted by atomic mass is 10.1. The van der Waals surface area contributed by atoms with Gasteiger partial charge in [0.1, 0.15) is 23.4 Å². The Kier molecular flexibility index (Phi) is 7.43. The van der Waals surface area contributed by atoms with Gasteiger partial charge in [-0.05, 0) is 61.7 Å². The van der Waals surface area contributed by atoms with Crippen LogP contribution in [0, 0.1) is 0 Å². The van der Waals surface area contributed by atoms with Gasteiger partial charge in [-0.1, -0.05) is 42.5 Å². The second kappa shape index (κ2) is 10.9. The van der Waals surface area contributed by atoms with E-state index in [2.05, 4.69) is 12.1 Å². The Bertz CT molecular complexity index is 1590. The standard InChI is InChI=1S/C30H25F3N2O3S/c1-19(38-24-12-14-26-22(17-24)15-16-35(26)18-27(36)37)28-25(13-7-20-5-3-2-4-6-20)34-29(39-28)21-8-10-23(11-9-21)30(31,32)33/h2-6,8-12,14-17,19H,7,13,18H2,1H3,(H,36,37). The summed E-state index contributed by atoms with van der Waals surface area (Å²) in [6.45, 7) is 1.80. The highest BCUT2D eigenvalue weighted by atomic mass is 32.1. The third-order valence-electron chi connectivity index (χ3n) is 6.41. The zero-order chi connectivity index (χ0) is 27.6. The molecule has 0 saturated carbocycles. The molecule has 0 saturated heterocycles. The number of benzene rings is 3.